The fourth-order valence-corrected chi connectivity index (χ4v) is 5.78. The normalized spacial score (nSPS) is 11.9. The Bertz CT molecular complexity index is 2260. The molecular formula is C33H21Cl3N4O2. The van der Waals surface area contributed by atoms with Crippen molar-refractivity contribution in [3.8, 4) is 11.6 Å². The first kappa shape index (κ1) is 26.5. The van der Waals surface area contributed by atoms with Crippen LogP contribution in [-0.2, 0) is 6.54 Å². The summed E-state index contributed by atoms with van der Waals surface area (Å²) >= 11 is 18.7. The fraction of sp³-hybridized carbons (Fsp3) is 0.0606. The van der Waals surface area contributed by atoms with Gasteiger partial charge in [0.05, 0.1) is 27.2 Å². The first-order valence-electron chi connectivity index (χ1n) is 13.1. The van der Waals surface area contributed by atoms with Crippen molar-refractivity contribution in [1.82, 2.24) is 14.2 Å². The number of hydrogen-bond acceptors (Lipinski definition) is 4. The van der Waals surface area contributed by atoms with Gasteiger partial charge in [0.15, 0.2) is 5.76 Å². The molecule has 0 saturated carbocycles. The minimum atomic E-state index is -0.303. The van der Waals surface area contributed by atoms with Crippen LogP contribution in [0.25, 0.3) is 44.4 Å². The van der Waals surface area contributed by atoms with Gasteiger partial charge in [0.1, 0.15) is 5.58 Å². The summed E-state index contributed by atoms with van der Waals surface area (Å²) in [5, 5.41) is 8.59. The smallest absolute Gasteiger partial charge is 0.282 e. The molecular weight excluding hydrogens is 591 g/mol. The quantitative estimate of drug-likeness (QED) is 0.183. The van der Waals surface area contributed by atoms with E-state index in [9.17, 15) is 4.79 Å². The van der Waals surface area contributed by atoms with Gasteiger partial charge in [-0.2, -0.15) is 9.78 Å². The lowest BCUT2D eigenvalue weighted by Gasteiger charge is -2.10. The molecule has 3 aromatic heterocycles. The number of hydrogen-bond donors (Lipinski definition) is 0. The second-order valence-corrected chi connectivity index (χ2v) is 11.2. The van der Waals surface area contributed by atoms with E-state index in [-0.39, 0.29) is 5.56 Å². The van der Waals surface area contributed by atoms with Crippen LogP contribution in [0.1, 0.15) is 16.8 Å². The molecule has 9 heteroatoms. The Labute approximate surface area is 255 Å². The van der Waals surface area contributed by atoms with Crippen LogP contribution in [-0.4, -0.2) is 20.4 Å². The van der Waals surface area contributed by atoms with Crippen LogP contribution >= 0.6 is 34.8 Å². The highest BCUT2D eigenvalue weighted by Gasteiger charge is 2.18. The molecule has 0 saturated heterocycles. The lowest BCUT2D eigenvalue weighted by Crippen LogP contribution is -2.20. The number of nitrogens with zero attached hydrogens (tertiary/aromatic N) is 4. The SMILES string of the molecule is Cc1c(C=Nn2c(-c3cc4cc(Cl)ccc4o3)nc3ccccc3c2=O)c2ccccc2n1Cc1ccc(Cl)c(Cl)c1. The standard InChI is InChI=1S/C33H21Cl3N4O2/c1-19-25(23-6-3-5-9-29(23)39(19)18-20-10-12-26(35)27(36)14-20)17-37-40-32(38-28-8-4-2-7-24(28)33(40)41)31-16-21-15-22(34)11-13-30(21)42-31/h2-17H,18H2,1H3. The first-order chi connectivity index (χ1) is 20.4. The van der Waals surface area contributed by atoms with Gasteiger partial charge in [-0.1, -0.05) is 71.2 Å². The minimum Gasteiger partial charge on any atom is -0.453 e. The van der Waals surface area contributed by atoms with Crippen molar-refractivity contribution in [2.75, 3.05) is 0 Å². The van der Waals surface area contributed by atoms with Gasteiger partial charge >= 0.3 is 0 Å². The van der Waals surface area contributed by atoms with Crippen molar-refractivity contribution in [1.29, 1.82) is 0 Å². The Morgan fingerprint density at radius 2 is 1.67 bits per heavy atom. The van der Waals surface area contributed by atoms with E-state index in [0.29, 0.717) is 49.7 Å². The molecule has 0 spiro atoms. The van der Waals surface area contributed by atoms with Crippen molar-refractivity contribution in [3.05, 3.63) is 133 Å². The van der Waals surface area contributed by atoms with Crippen molar-refractivity contribution >= 4 is 73.8 Å². The number of fused-ring (bicyclic) bond motifs is 3. The Morgan fingerprint density at radius 3 is 2.50 bits per heavy atom. The lowest BCUT2D eigenvalue weighted by atomic mass is 10.1. The summed E-state index contributed by atoms with van der Waals surface area (Å²) in [4.78, 5) is 18.6. The molecule has 206 valence electrons. The number of benzene rings is 4. The fourth-order valence-electron chi connectivity index (χ4n) is 5.28. The second kappa shape index (κ2) is 10.5. The molecule has 4 aromatic carbocycles. The van der Waals surface area contributed by atoms with Crippen LogP contribution in [0.2, 0.25) is 15.1 Å². The summed E-state index contributed by atoms with van der Waals surface area (Å²) in [5.74, 6) is 0.700. The van der Waals surface area contributed by atoms with Crippen LogP contribution < -0.4 is 5.56 Å². The topological polar surface area (TPSA) is 65.3 Å². The molecule has 3 heterocycles. The van der Waals surface area contributed by atoms with Crippen LogP contribution in [0, 0.1) is 6.92 Å². The van der Waals surface area contributed by atoms with Gasteiger partial charge in [-0.15, -0.1) is 0 Å². The van der Waals surface area contributed by atoms with Crippen LogP contribution in [0.3, 0.4) is 0 Å². The summed E-state index contributed by atoms with van der Waals surface area (Å²) in [6.45, 7) is 2.62. The summed E-state index contributed by atoms with van der Waals surface area (Å²) in [7, 11) is 0. The van der Waals surface area contributed by atoms with Gasteiger partial charge in [0, 0.05) is 39.1 Å². The molecule has 0 atom stereocenters. The van der Waals surface area contributed by atoms with E-state index >= 15 is 0 Å². The molecule has 6 nitrogen and oxygen atoms in total. The van der Waals surface area contributed by atoms with Gasteiger partial charge < -0.3 is 8.98 Å². The number of aromatic nitrogens is 3. The minimum absolute atomic E-state index is 0.291. The predicted octanol–water partition coefficient (Wildman–Crippen LogP) is 8.96. The molecule has 0 fully saturated rings. The highest BCUT2D eigenvalue weighted by atomic mass is 35.5. The summed E-state index contributed by atoms with van der Waals surface area (Å²) in [6, 6.07) is 28.1. The zero-order valence-electron chi connectivity index (χ0n) is 22.2. The molecule has 0 amide bonds. The molecule has 0 aliphatic carbocycles. The van der Waals surface area contributed by atoms with E-state index in [1.54, 1.807) is 36.5 Å². The van der Waals surface area contributed by atoms with Gasteiger partial charge in [0.2, 0.25) is 5.82 Å². The molecule has 7 rings (SSSR count). The maximum absolute atomic E-state index is 13.8. The van der Waals surface area contributed by atoms with Gasteiger partial charge in [0.25, 0.3) is 5.56 Å². The van der Waals surface area contributed by atoms with Crippen LogP contribution in [0.15, 0.2) is 105 Å². The van der Waals surface area contributed by atoms with E-state index in [1.165, 1.54) is 4.68 Å². The van der Waals surface area contributed by atoms with Crippen LogP contribution in [0.4, 0.5) is 0 Å². The summed E-state index contributed by atoms with van der Waals surface area (Å²) in [5.41, 5.74) is 4.79. The third-order valence-corrected chi connectivity index (χ3v) is 8.33. The van der Waals surface area contributed by atoms with E-state index in [1.807, 2.05) is 61.5 Å². The number of halogens is 3. The molecule has 0 aliphatic rings. The van der Waals surface area contributed by atoms with Gasteiger partial charge in [-0.3, -0.25) is 4.79 Å². The lowest BCUT2D eigenvalue weighted by molar-refractivity contribution is 0.616. The highest BCUT2D eigenvalue weighted by Crippen LogP contribution is 2.30. The first-order valence-corrected chi connectivity index (χ1v) is 14.3. The Kier molecular flexibility index (Phi) is 6.62. The Balaban J connectivity index is 1.39. The third kappa shape index (κ3) is 4.58. The molecule has 0 bridgehead atoms. The molecule has 0 radical (unpaired) electrons. The number of para-hydroxylation sites is 2. The monoisotopic (exact) mass is 610 g/mol. The molecule has 42 heavy (non-hydrogen) atoms. The average Bonchev–Trinajstić information content (AvgIpc) is 3.52. The highest BCUT2D eigenvalue weighted by molar-refractivity contribution is 6.42. The largest absolute Gasteiger partial charge is 0.453 e. The van der Waals surface area contributed by atoms with E-state index < -0.39 is 0 Å². The van der Waals surface area contributed by atoms with Crippen molar-refractivity contribution in [3.63, 3.8) is 0 Å². The van der Waals surface area contributed by atoms with Gasteiger partial charge in [-0.05, 0) is 67.1 Å². The molecule has 0 N–H and O–H groups in total. The zero-order chi connectivity index (χ0) is 29.0. The molecule has 0 aliphatic heterocycles. The Hall–Kier alpha value is -4.36. The van der Waals surface area contributed by atoms with Gasteiger partial charge in [-0.25, -0.2) is 4.98 Å². The average molecular weight is 612 g/mol. The van der Waals surface area contributed by atoms with Crippen molar-refractivity contribution in [2.45, 2.75) is 13.5 Å². The van der Waals surface area contributed by atoms with E-state index in [2.05, 4.69) is 10.6 Å². The summed E-state index contributed by atoms with van der Waals surface area (Å²) in [6.07, 6.45) is 1.71. The van der Waals surface area contributed by atoms with Crippen LogP contribution in [0.5, 0.6) is 0 Å². The summed E-state index contributed by atoms with van der Waals surface area (Å²) < 4.78 is 9.60. The predicted molar refractivity (Wildman–Crippen MR) is 171 cm³/mol. The molecule has 7 aromatic rings. The Morgan fingerprint density at radius 1 is 0.881 bits per heavy atom. The maximum Gasteiger partial charge on any atom is 0.282 e. The molecule has 0 unspecified atom stereocenters. The second-order valence-electron chi connectivity index (χ2n) is 9.96. The maximum atomic E-state index is 13.8. The van der Waals surface area contributed by atoms with E-state index in [0.717, 1.165) is 33.1 Å². The van der Waals surface area contributed by atoms with E-state index in [4.69, 9.17) is 49.3 Å². The zero-order valence-corrected chi connectivity index (χ0v) is 24.5. The number of furan rings is 1. The van der Waals surface area contributed by atoms with Crippen molar-refractivity contribution in [2.24, 2.45) is 5.10 Å². The number of rotatable bonds is 5. The third-order valence-electron chi connectivity index (χ3n) is 7.36. The van der Waals surface area contributed by atoms with Crippen molar-refractivity contribution < 1.29 is 4.42 Å².